The summed E-state index contributed by atoms with van der Waals surface area (Å²) in [7, 11) is 0. The van der Waals surface area contributed by atoms with E-state index >= 15 is 0 Å². The first-order chi connectivity index (χ1) is 19.4. The van der Waals surface area contributed by atoms with Crippen LogP contribution in [0.2, 0.25) is 0 Å². The van der Waals surface area contributed by atoms with Crippen LogP contribution in [0.25, 0.3) is 11.1 Å². The van der Waals surface area contributed by atoms with Crippen molar-refractivity contribution in [3.05, 3.63) is 59.2 Å². The van der Waals surface area contributed by atoms with Crippen molar-refractivity contribution in [3.63, 3.8) is 0 Å². The van der Waals surface area contributed by atoms with E-state index < -0.39 is 17.9 Å². The van der Waals surface area contributed by atoms with Crippen molar-refractivity contribution >= 4 is 41.8 Å². The fourth-order valence-corrected chi connectivity index (χ4v) is 6.85. The van der Waals surface area contributed by atoms with Crippen LogP contribution >= 0.6 is 23.5 Å². The highest BCUT2D eigenvalue weighted by Gasteiger charge is 2.25. The highest BCUT2D eigenvalue weighted by Crippen LogP contribution is 2.32. The van der Waals surface area contributed by atoms with Crippen molar-refractivity contribution < 1.29 is 19.5 Å². The number of nitrogens with one attached hydrogen (secondary N) is 1. The van der Waals surface area contributed by atoms with E-state index in [4.69, 9.17) is 0 Å². The highest BCUT2D eigenvalue weighted by atomic mass is 32.2. The number of hydrogen-bond donors (Lipinski definition) is 2. The predicted octanol–water partition coefficient (Wildman–Crippen LogP) is 6.65. The molecule has 0 unspecified atom stereocenters. The zero-order chi connectivity index (χ0) is 28.9. The Bertz CT molecular complexity index is 1120. The third kappa shape index (κ3) is 9.30. The summed E-state index contributed by atoms with van der Waals surface area (Å²) in [5.41, 5.74) is 4.08. The van der Waals surface area contributed by atoms with Gasteiger partial charge in [-0.3, -0.25) is 9.59 Å². The van der Waals surface area contributed by atoms with Gasteiger partial charge < -0.3 is 15.3 Å². The summed E-state index contributed by atoms with van der Waals surface area (Å²) in [6.07, 6.45) is 10.7. The molecule has 40 heavy (non-hydrogen) atoms. The van der Waals surface area contributed by atoms with Crippen molar-refractivity contribution in [2.24, 2.45) is 5.92 Å². The zero-order valence-electron chi connectivity index (χ0n) is 24.1. The van der Waals surface area contributed by atoms with Gasteiger partial charge in [0, 0.05) is 23.9 Å². The lowest BCUT2D eigenvalue weighted by Crippen LogP contribution is -2.41. The van der Waals surface area contributed by atoms with Crippen LogP contribution in [0.15, 0.2) is 42.5 Å². The molecule has 1 saturated carbocycles. The Balaban J connectivity index is 1.91. The van der Waals surface area contributed by atoms with E-state index in [1.54, 1.807) is 17.8 Å². The molecule has 1 aliphatic rings. The molecule has 2 amide bonds. The van der Waals surface area contributed by atoms with Crippen molar-refractivity contribution in [2.75, 3.05) is 23.5 Å². The number of benzene rings is 2. The molecule has 0 bridgehead atoms. The molecule has 1 aliphatic carbocycles. The van der Waals surface area contributed by atoms with Gasteiger partial charge in [-0.2, -0.15) is 23.5 Å². The number of carboxylic acids is 1. The molecule has 0 aromatic heterocycles. The maximum atomic E-state index is 13.4. The molecule has 6 nitrogen and oxygen atoms in total. The summed E-state index contributed by atoms with van der Waals surface area (Å²) in [6, 6.07) is 12.8. The van der Waals surface area contributed by atoms with Crippen LogP contribution < -0.4 is 5.32 Å². The molecule has 0 saturated heterocycles. The molecule has 8 heteroatoms. The Morgan fingerprint density at radius 2 is 1.88 bits per heavy atom. The lowest BCUT2D eigenvalue weighted by atomic mass is 9.85. The highest BCUT2D eigenvalue weighted by molar-refractivity contribution is 7.99. The summed E-state index contributed by atoms with van der Waals surface area (Å²) < 4.78 is 0. The molecule has 2 atom stereocenters. The second-order valence-corrected chi connectivity index (χ2v) is 13.0. The van der Waals surface area contributed by atoms with E-state index in [2.05, 4.69) is 12.2 Å². The number of aryl methyl sites for hydroxylation is 1. The van der Waals surface area contributed by atoms with Crippen LogP contribution in [-0.4, -0.2) is 63.9 Å². The number of rotatable bonds is 16. The SMILES string of the molecule is CCSC[C@H](CC1CCCCC1)N(C=O)Cc1ccc(C(=O)N[C@@H](CCSC)C(=O)O)c(-c2ccccc2C)c1. The monoisotopic (exact) mass is 584 g/mol. The van der Waals surface area contributed by atoms with Crippen LogP contribution in [0.1, 0.15) is 73.4 Å². The van der Waals surface area contributed by atoms with Crippen molar-refractivity contribution in [1.29, 1.82) is 0 Å². The predicted molar refractivity (Wildman–Crippen MR) is 168 cm³/mol. The van der Waals surface area contributed by atoms with E-state index in [-0.39, 0.29) is 6.04 Å². The fraction of sp³-hybridized carbons (Fsp3) is 0.531. The second kappa shape index (κ2) is 16.7. The van der Waals surface area contributed by atoms with Gasteiger partial charge >= 0.3 is 5.97 Å². The third-order valence-electron chi connectivity index (χ3n) is 7.79. The van der Waals surface area contributed by atoms with E-state index in [1.165, 1.54) is 32.1 Å². The number of carboxylic acid groups (broad SMARTS) is 1. The number of carbonyl (C=O) groups excluding carboxylic acids is 2. The minimum atomic E-state index is -1.04. The quantitative estimate of drug-likeness (QED) is 0.215. The van der Waals surface area contributed by atoms with E-state index in [0.29, 0.717) is 30.2 Å². The van der Waals surface area contributed by atoms with Gasteiger partial charge in [-0.15, -0.1) is 0 Å². The number of thioether (sulfide) groups is 2. The smallest absolute Gasteiger partial charge is 0.326 e. The summed E-state index contributed by atoms with van der Waals surface area (Å²) in [4.78, 5) is 39.6. The van der Waals surface area contributed by atoms with Crippen LogP contribution in [0.5, 0.6) is 0 Å². The number of amides is 2. The fourth-order valence-electron chi connectivity index (χ4n) is 5.54. The largest absolute Gasteiger partial charge is 0.480 e. The van der Waals surface area contributed by atoms with Gasteiger partial charge in [0.05, 0.1) is 0 Å². The first kappa shape index (κ1) is 32.1. The lowest BCUT2D eigenvalue weighted by molar-refractivity contribution is -0.139. The van der Waals surface area contributed by atoms with Gasteiger partial charge in [0.15, 0.2) is 0 Å². The Hall–Kier alpha value is -2.45. The molecule has 2 aromatic rings. The molecule has 2 N–H and O–H groups in total. The van der Waals surface area contributed by atoms with Crippen molar-refractivity contribution in [3.8, 4) is 11.1 Å². The van der Waals surface area contributed by atoms with Crippen LogP contribution in [0.4, 0.5) is 0 Å². The van der Waals surface area contributed by atoms with Gasteiger partial charge in [0.25, 0.3) is 5.91 Å². The van der Waals surface area contributed by atoms with Crippen LogP contribution in [-0.2, 0) is 16.1 Å². The first-order valence-electron chi connectivity index (χ1n) is 14.4. The van der Waals surface area contributed by atoms with E-state index in [1.807, 2.05) is 66.2 Å². The zero-order valence-corrected chi connectivity index (χ0v) is 25.7. The van der Waals surface area contributed by atoms with Gasteiger partial charge in [0.2, 0.25) is 6.41 Å². The molecular formula is C32H44N2O4S2. The average molecular weight is 585 g/mol. The number of carbonyl (C=O) groups is 3. The topological polar surface area (TPSA) is 86.7 Å². The van der Waals surface area contributed by atoms with Gasteiger partial charge in [-0.05, 0) is 77.8 Å². The molecular weight excluding hydrogens is 540 g/mol. The molecule has 2 aromatic carbocycles. The number of nitrogens with zero attached hydrogens (tertiary/aromatic N) is 1. The summed E-state index contributed by atoms with van der Waals surface area (Å²) >= 11 is 3.43. The maximum absolute atomic E-state index is 13.4. The Labute approximate surface area is 248 Å². The number of aliphatic carboxylic acids is 1. The second-order valence-electron chi connectivity index (χ2n) is 10.7. The molecule has 1 fully saturated rings. The maximum Gasteiger partial charge on any atom is 0.326 e. The van der Waals surface area contributed by atoms with Crippen LogP contribution in [0, 0.1) is 12.8 Å². The van der Waals surface area contributed by atoms with E-state index in [9.17, 15) is 19.5 Å². The average Bonchev–Trinajstić information content (AvgIpc) is 2.96. The van der Waals surface area contributed by atoms with Crippen molar-refractivity contribution in [1.82, 2.24) is 10.2 Å². The summed E-state index contributed by atoms with van der Waals surface area (Å²) in [5.74, 6) is 1.81. The van der Waals surface area contributed by atoms with Gasteiger partial charge in [-0.25, -0.2) is 4.79 Å². The molecule has 3 rings (SSSR count). The van der Waals surface area contributed by atoms with Crippen molar-refractivity contribution in [2.45, 2.75) is 77.4 Å². The lowest BCUT2D eigenvalue weighted by Gasteiger charge is -2.33. The Morgan fingerprint density at radius 1 is 1.12 bits per heavy atom. The molecule has 0 aliphatic heterocycles. The number of hydrogen-bond acceptors (Lipinski definition) is 5. The van der Waals surface area contributed by atoms with E-state index in [0.717, 1.165) is 46.6 Å². The normalized spacial score (nSPS) is 15.3. The Morgan fingerprint density at radius 3 is 2.52 bits per heavy atom. The van der Waals surface area contributed by atoms with Crippen LogP contribution in [0.3, 0.4) is 0 Å². The van der Waals surface area contributed by atoms with Gasteiger partial charge in [-0.1, -0.05) is 69.4 Å². The third-order valence-corrected chi connectivity index (χ3v) is 9.46. The van der Waals surface area contributed by atoms with Gasteiger partial charge in [0.1, 0.15) is 6.04 Å². The Kier molecular flexibility index (Phi) is 13.4. The molecule has 0 heterocycles. The first-order valence-corrected chi connectivity index (χ1v) is 16.9. The summed E-state index contributed by atoms with van der Waals surface area (Å²) in [6.45, 7) is 4.63. The standard InChI is InChI=1S/C32H44N2O4S2/c1-4-40-21-26(18-24-11-6-5-7-12-24)34(22-35)20-25-14-15-28(29(19-25)27-13-9-8-10-23(27)2)31(36)33-30(32(37)38)16-17-39-3/h8-10,13-15,19,22,24,26,30H,4-7,11-12,16-18,20-21H2,1-3H3,(H,33,36)(H,37,38)/t26-,30-/m0/s1. The minimum absolute atomic E-state index is 0.170. The molecule has 0 spiro atoms. The molecule has 0 radical (unpaired) electrons. The molecule has 218 valence electrons. The summed E-state index contributed by atoms with van der Waals surface area (Å²) in [5, 5.41) is 12.4. The minimum Gasteiger partial charge on any atom is -0.480 e.